The van der Waals surface area contributed by atoms with Crippen LogP contribution < -0.4 is 10.6 Å². The van der Waals surface area contributed by atoms with Gasteiger partial charge in [0.15, 0.2) is 5.96 Å². The Kier molecular flexibility index (Phi) is 8.21. The first-order valence-electron chi connectivity index (χ1n) is 8.35. The Hall–Kier alpha value is -1.30. The molecular weight excluding hydrogens is 312 g/mol. The van der Waals surface area contributed by atoms with Gasteiger partial charge in [-0.05, 0) is 25.0 Å². The Bertz CT molecular complexity index is 489. The third-order valence-electron chi connectivity index (χ3n) is 3.78. The molecule has 0 bridgehead atoms. The number of morpholine rings is 1. The number of nitrogens with zero attached hydrogens (tertiary/aromatic N) is 2. The summed E-state index contributed by atoms with van der Waals surface area (Å²) in [7, 11) is 0. The molecule has 1 saturated heterocycles. The summed E-state index contributed by atoms with van der Waals surface area (Å²) in [5.74, 6) is 0.868. The number of aliphatic imine (C=N–C) groups is 1. The molecule has 1 aliphatic rings. The summed E-state index contributed by atoms with van der Waals surface area (Å²) in [5.41, 5.74) is 1.16. The number of rotatable bonds is 7. The van der Waals surface area contributed by atoms with Gasteiger partial charge in [0.05, 0.1) is 19.8 Å². The van der Waals surface area contributed by atoms with Crippen molar-refractivity contribution in [1.29, 1.82) is 0 Å². The lowest BCUT2D eigenvalue weighted by Crippen LogP contribution is -2.40. The maximum absolute atomic E-state index is 6.18. The van der Waals surface area contributed by atoms with E-state index in [1.54, 1.807) is 0 Å². The second kappa shape index (κ2) is 10.5. The Morgan fingerprint density at radius 2 is 2.04 bits per heavy atom. The molecule has 128 valence electrons. The average Bonchev–Trinajstić information content (AvgIpc) is 2.57. The third-order valence-corrected chi connectivity index (χ3v) is 4.15. The van der Waals surface area contributed by atoms with Gasteiger partial charge in [-0.15, -0.1) is 0 Å². The Balaban J connectivity index is 1.73. The van der Waals surface area contributed by atoms with Gasteiger partial charge in [0.25, 0.3) is 0 Å². The molecule has 0 aromatic heterocycles. The van der Waals surface area contributed by atoms with Crippen molar-refractivity contribution < 1.29 is 4.74 Å². The van der Waals surface area contributed by atoms with E-state index in [0.717, 1.165) is 75.4 Å². The molecule has 0 unspecified atom stereocenters. The van der Waals surface area contributed by atoms with Crippen LogP contribution in [0.15, 0.2) is 29.3 Å². The fourth-order valence-electron chi connectivity index (χ4n) is 2.49. The van der Waals surface area contributed by atoms with Crippen molar-refractivity contribution in [2.45, 2.75) is 13.3 Å². The number of halogens is 1. The molecule has 0 saturated carbocycles. The van der Waals surface area contributed by atoms with Crippen molar-refractivity contribution in [1.82, 2.24) is 15.5 Å². The first-order chi connectivity index (χ1) is 11.3. The molecule has 0 spiro atoms. The van der Waals surface area contributed by atoms with E-state index < -0.39 is 0 Å². The molecule has 1 aliphatic heterocycles. The highest BCUT2D eigenvalue weighted by atomic mass is 35.5. The maximum Gasteiger partial charge on any atom is 0.191 e. The molecule has 2 N–H and O–H groups in total. The quantitative estimate of drug-likeness (QED) is 0.587. The van der Waals surface area contributed by atoms with Gasteiger partial charge in [0.1, 0.15) is 0 Å². The first-order valence-corrected chi connectivity index (χ1v) is 8.73. The van der Waals surface area contributed by atoms with Crippen LogP contribution in [0.5, 0.6) is 0 Å². The Morgan fingerprint density at radius 1 is 1.26 bits per heavy atom. The molecule has 1 aromatic carbocycles. The SMILES string of the molecule is CCNC(=NCCN1CCOCC1)NCCc1ccccc1Cl. The summed E-state index contributed by atoms with van der Waals surface area (Å²) in [4.78, 5) is 7.03. The van der Waals surface area contributed by atoms with Crippen LogP contribution in [0, 0.1) is 0 Å². The number of guanidine groups is 1. The molecule has 2 rings (SSSR count). The molecule has 1 fully saturated rings. The van der Waals surface area contributed by atoms with E-state index in [4.69, 9.17) is 16.3 Å². The topological polar surface area (TPSA) is 48.9 Å². The minimum atomic E-state index is 0.793. The number of ether oxygens (including phenoxy) is 1. The zero-order valence-electron chi connectivity index (χ0n) is 13.9. The van der Waals surface area contributed by atoms with Crippen LogP contribution in [0.2, 0.25) is 5.02 Å². The van der Waals surface area contributed by atoms with Crippen molar-refractivity contribution in [2.24, 2.45) is 4.99 Å². The standard InChI is InChI=1S/C17H27ClN4O/c1-2-19-17(21-9-10-22-11-13-23-14-12-22)20-8-7-15-5-3-4-6-16(15)18/h3-6H,2,7-14H2,1H3,(H2,19,20,21). The summed E-state index contributed by atoms with van der Waals surface area (Å²) < 4.78 is 5.36. The van der Waals surface area contributed by atoms with E-state index in [9.17, 15) is 0 Å². The Labute approximate surface area is 144 Å². The van der Waals surface area contributed by atoms with Crippen LogP contribution in [0.1, 0.15) is 12.5 Å². The largest absolute Gasteiger partial charge is 0.379 e. The minimum Gasteiger partial charge on any atom is -0.379 e. The van der Waals surface area contributed by atoms with E-state index in [1.165, 1.54) is 0 Å². The van der Waals surface area contributed by atoms with Crippen molar-refractivity contribution in [3.8, 4) is 0 Å². The van der Waals surface area contributed by atoms with E-state index in [2.05, 4.69) is 33.5 Å². The van der Waals surface area contributed by atoms with Crippen LogP contribution in [-0.4, -0.2) is 63.3 Å². The lowest BCUT2D eigenvalue weighted by molar-refractivity contribution is 0.0394. The van der Waals surface area contributed by atoms with Crippen LogP contribution >= 0.6 is 11.6 Å². The molecule has 23 heavy (non-hydrogen) atoms. The monoisotopic (exact) mass is 338 g/mol. The van der Waals surface area contributed by atoms with Crippen molar-refractivity contribution in [2.75, 3.05) is 52.5 Å². The predicted octanol–water partition coefficient (Wildman–Crippen LogP) is 1.77. The molecular formula is C17H27ClN4O. The van der Waals surface area contributed by atoms with Gasteiger partial charge in [-0.1, -0.05) is 29.8 Å². The average molecular weight is 339 g/mol. The van der Waals surface area contributed by atoms with E-state index >= 15 is 0 Å². The van der Waals surface area contributed by atoms with Crippen LogP contribution in [-0.2, 0) is 11.2 Å². The minimum absolute atomic E-state index is 0.793. The van der Waals surface area contributed by atoms with Crippen LogP contribution in [0.25, 0.3) is 0 Å². The number of hydrogen-bond donors (Lipinski definition) is 2. The second-order valence-electron chi connectivity index (χ2n) is 5.48. The zero-order valence-corrected chi connectivity index (χ0v) is 14.6. The molecule has 0 amide bonds. The summed E-state index contributed by atoms with van der Waals surface area (Å²) in [5, 5.41) is 7.48. The molecule has 0 radical (unpaired) electrons. The summed E-state index contributed by atoms with van der Waals surface area (Å²) >= 11 is 6.18. The highest BCUT2D eigenvalue weighted by Gasteiger charge is 2.09. The zero-order chi connectivity index (χ0) is 16.3. The number of nitrogens with one attached hydrogen (secondary N) is 2. The normalized spacial score (nSPS) is 16.3. The fourth-order valence-corrected chi connectivity index (χ4v) is 2.72. The highest BCUT2D eigenvalue weighted by molar-refractivity contribution is 6.31. The van der Waals surface area contributed by atoms with Gasteiger partial charge >= 0.3 is 0 Å². The molecule has 1 aromatic rings. The number of hydrogen-bond acceptors (Lipinski definition) is 3. The van der Waals surface area contributed by atoms with Gasteiger partial charge in [0.2, 0.25) is 0 Å². The van der Waals surface area contributed by atoms with Gasteiger partial charge < -0.3 is 15.4 Å². The van der Waals surface area contributed by atoms with E-state index in [-0.39, 0.29) is 0 Å². The smallest absolute Gasteiger partial charge is 0.191 e. The first kappa shape index (κ1) is 18.0. The predicted molar refractivity (Wildman–Crippen MR) is 96.4 cm³/mol. The van der Waals surface area contributed by atoms with Gasteiger partial charge in [-0.2, -0.15) is 0 Å². The molecule has 6 heteroatoms. The summed E-state index contributed by atoms with van der Waals surface area (Å²) in [6.07, 6.45) is 0.882. The van der Waals surface area contributed by atoms with Gasteiger partial charge in [0, 0.05) is 37.7 Å². The highest BCUT2D eigenvalue weighted by Crippen LogP contribution is 2.14. The van der Waals surface area contributed by atoms with Gasteiger partial charge in [-0.25, -0.2) is 0 Å². The maximum atomic E-state index is 6.18. The van der Waals surface area contributed by atoms with Crippen LogP contribution in [0.3, 0.4) is 0 Å². The summed E-state index contributed by atoms with van der Waals surface area (Å²) in [6, 6.07) is 7.96. The van der Waals surface area contributed by atoms with Gasteiger partial charge in [-0.3, -0.25) is 9.89 Å². The fraction of sp³-hybridized carbons (Fsp3) is 0.588. The van der Waals surface area contributed by atoms with Crippen molar-refractivity contribution >= 4 is 17.6 Å². The number of benzene rings is 1. The summed E-state index contributed by atoms with van der Waals surface area (Å²) in [6.45, 7) is 9.19. The Morgan fingerprint density at radius 3 is 2.78 bits per heavy atom. The molecule has 1 heterocycles. The molecule has 0 atom stereocenters. The lowest BCUT2D eigenvalue weighted by atomic mass is 10.1. The van der Waals surface area contributed by atoms with Crippen molar-refractivity contribution in [3.63, 3.8) is 0 Å². The van der Waals surface area contributed by atoms with Crippen molar-refractivity contribution in [3.05, 3.63) is 34.9 Å². The van der Waals surface area contributed by atoms with E-state index in [1.807, 2.05) is 18.2 Å². The second-order valence-corrected chi connectivity index (χ2v) is 5.89. The lowest BCUT2D eigenvalue weighted by Gasteiger charge is -2.25. The third kappa shape index (κ3) is 6.77. The molecule has 0 aliphatic carbocycles. The van der Waals surface area contributed by atoms with Crippen LogP contribution in [0.4, 0.5) is 0 Å². The molecule has 5 nitrogen and oxygen atoms in total. The van der Waals surface area contributed by atoms with E-state index in [0.29, 0.717) is 0 Å².